The van der Waals surface area contributed by atoms with Crippen LogP contribution < -0.4 is 0 Å². The lowest BCUT2D eigenvalue weighted by Crippen LogP contribution is -2.51. The Hall–Kier alpha value is -2.43. The topological polar surface area (TPSA) is 63.7 Å². The lowest BCUT2D eigenvalue weighted by molar-refractivity contribution is -0.154. The molecule has 0 N–H and O–H groups in total. The smallest absolute Gasteiger partial charge is 0.317 e. The summed E-state index contributed by atoms with van der Waals surface area (Å²) in [6.07, 6.45) is 1.71. The van der Waals surface area contributed by atoms with Crippen LogP contribution in [0, 0.1) is 11.3 Å². The van der Waals surface area contributed by atoms with Crippen LogP contribution in [-0.2, 0) is 25.5 Å². The number of ether oxygens (including phenoxy) is 1. The van der Waals surface area contributed by atoms with Gasteiger partial charge < -0.3 is 9.64 Å². The SMILES string of the molecule is COC(=O)C1C(=O)C2=C(CC1(C)C)N1CCc3ccccc3[C@H]1CC2=O. The van der Waals surface area contributed by atoms with E-state index in [-0.39, 0.29) is 29.6 Å². The lowest BCUT2D eigenvalue weighted by atomic mass is 9.64. The number of Topliss-reactive ketones (excluding diaryl/α,β-unsaturated/α-hetero) is 2. The van der Waals surface area contributed by atoms with E-state index in [1.165, 1.54) is 18.2 Å². The molecule has 2 atom stereocenters. The predicted octanol–water partition coefficient (Wildman–Crippen LogP) is 2.60. The van der Waals surface area contributed by atoms with Crippen LogP contribution >= 0.6 is 0 Å². The first kappa shape index (κ1) is 17.0. The number of ketones is 2. The van der Waals surface area contributed by atoms with Gasteiger partial charge in [-0.1, -0.05) is 38.1 Å². The second kappa shape index (κ2) is 5.79. The van der Waals surface area contributed by atoms with E-state index in [0.717, 1.165) is 18.7 Å². The number of methoxy groups -OCH3 is 1. The molecule has 1 aromatic rings. The van der Waals surface area contributed by atoms with Gasteiger partial charge in [0.15, 0.2) is 11.6 Å². The minimum absolute atomic E-state index is 0.00974. The van der Waals surface area contributed by atoms with Crippen molar-refractivity contribution in [3.8, 4) is 0 Å². The largest absolute Gasteiger partial charge is 0.468 e. The molecular formula is C21H23NO4. The summed E-state index contributed by atoms with van der Waals surface area (Å²) in [5.74, 6) is -1.98. The van der Waals surface area contributed by atoms with Crippen LogP contribution in [0.1, 0.15) is 43.9 Å². The predicted molar refractivity (Wildman–Crippen MR) is 95.2 cm³/mol. The molecule has 0 aromatic heterocycles. The average Bonchev–Trinajstić information content (AvgIpc) is 2.60. The maximum absolute atomic E-state index is 13.1. The highest BCUT2D eigenvalue weighted by molar-refractivity contribution is 6.26. The summed E-state index contributed by atoms with van der Waals surface area (Å²) in [5.41, 5.74) is 2.92. The average molecular weight is 353 g/mol. The second-order valence-corrected chi connectivity index (χ2v) is 8.09. The number of carbonyl (C=O) groups is 3. The molecule has 5 nitrogen and oxygen atoms in total. The van der Waals surface area contributed by atoms with Crippen LogP contribution in [0.4, 0.5) is 0 Å². The standard InChI is InChI=1S/C21H23NO4/c1-21(2)11-15-17(19(24)18(21)20(25)26-3)16(23)10-14-13-7-5-4-6-12(13)8-9-22(14)15/h4-7,14,18H,8-11H2,1-3H3/t14-,18?/m1/s1. The number of fused-ring (bicyclic) bond motifs is 4. The van der Waals surface area contributed by atoms with Gasteiger partial charge in [0.2, 0.25) is 0 Å². The molecule has 3 aliphatic rings. The van der Waals surface area contributed by atoms with Crippen molar-refractivity contribution in [1.29, 1.82) is 0 Å². The van der Waals surface area contributed by atoms with E-state index in [1.54, 1.807) is 0 Å². The maximum Gasteiger partial charge on any atom is 0.317 e. The molecule has 2 aliphatic heterocycles. The van der Waals surface area contributed by atoms with E-state index >= 15 is 0 Å². The van der Waals surface area contributed by atoms with Gasteiger partial charge in [-0.05, 0) is 29.4 Å². The van der Waals surface area contributed by atoms with Gasteiger partial charge in [0.1, 0.15) is 5.92 Å². The van der Waals surface area contributed by atoms with Gasteiger partial charge in [0.05, 0.1) is 18.7 Å². The molecule has 26 heavy (non-hydrogen) atoms. The molecule has 0 radical (unpaired) electrons. The van der Waals surface area contributed by atoms with Crippen LogP contribution in [0.3, 0.4) is 0 Å². The Morgan fingerprint density at radius 3 is 2.69 bits per heavy atom. The summed E-state index contributed by atoms with van der Waals surface area (Å²) in [6.45, 7) is 4.60. The number of benzene rings is 1. The summed E-state index contributed by atoms with van der Waals surface area (Å²) < 4.78 is 4.86. The van der Waals surface area contributed by atoms with E-state index in [9.17, 15) is 14.4 Å². The van der Waals surface area contributed by atoms with E-state index in [2.05, 4.69) is 17.0 Å². The minimum atomic E-state index is -0.913. The van der Waals surface area contributed by atoms with Crippen molar-refractivity contribution >= 4 is 17.5 Å². The number of carbonyl (C=O) groups excluding carboxylic acids is 3. The van der Waals surface area contributed by atoms with E-state index < -0.39 is 17.3 Å². The molecule has 2 heterocycles. The monoisotopic (exact) mass is 353 g/mol. The Balaban J connectivity index is 1.81. The van der Waals surface area contributed by atoms with Crippen molar-refractivity contribution in [3.05, 3.63) is 46.7 Å². The summed E-state index contributed by atoms with van der Waals surface area (Å²) in [5, 5.41) is 0. The molecule has 4 rings (SSSR count). The first-order chi connectivity index (χ1) is 12.3. The van der Waals surface area contributed by atoms with Gasteiger partial charge >= 0.3 is 5.97 Å². The summed E-state index contributed by atoms with van der Waals surface area (Å²) in [7, 11) is 1.29. The number of esters is 1. The molecule has 0 spiro atoms. The van der Waals surface area contributed by atoms with E-state index in [4.69, 9.17) is 4.74 Å². The zero-order chi connectivity index (χ0) is 18.6. The minimum Gasteiger partial charge on any atom is -0.468 e. The number of rotatable bonds is 1. The van der Waals surface area contributed by atoms with Gasteiger partial charge in [0.25, 0.3) is 0 Å². The highest BCUT2D eigenvalue weighted by Gasteiger charge is 2.52. The van der Waals surface area contributed by atoms with Crippen molar-refractivity contribution in [1.82, 2.24) is 4.90 Å². The van der Waals surface area contributed by atoms with Gasteiger partial charge in [-0.2, -0.15) is 0 Å². The number of nitrogens with zero attached hydrogens (tertiary/aromatic N) is 1. The zero-order valence-electron chi connectivity index (χ0n) is 15.4. The molecule has 0 amide bonds. The number of allylic oxidation sites excluding steroid dienone is 2. The highest BCUT2D eigenvalue weighted by atomic mass is 16.5. The third kappa shape index (κ3) is 2.33. The van der Waals surface area contributed by atoms with E-state index in [0.29, 0.717) is 6.42 Å². The Morgan fingerprint density at radius 2 is 1.96 bits per heavy atom. The van der Waals surface area contributed by atoms with Gasteiger partial charge in [0, 0.05) is 18.7 Å². The number of hydrogen-bond donors (Lipinski definition) is 0. The van der Waals surface area contributed by atoms with E-state index in [1.807, 2.05) is 26.0 Å². The summed E-state index contributed by atoms with van der Waals surface area (Å²) in [6, 6.07) is 8.21. The molecule has 1 aliphatic carbocycles. The number of hydrogen-bond acceptors (Lipinski definition) is 5. The molecule has 0 saturated heterocycles. The van der Waals surface area contributed by atoms with Gasteiger partial charge in [-0.3, -0.25) is 14.4 Å². The van der Waals surface area contributed by atoms with Crippen LogP contribution in [0.25, 0.3) is 0 Å². The summed E-state index contributed by atoms with van der Waals surface area (Å²) in [4.78, 5) is 40.5. The zero-order valence-corrected chi connectivity index (χ0v) is 15.4. The quantitative estimate of drug-likeness (QED) is 0.441. The van der Waals surface area contributed by atoms with Crippen molar-refractivity contribution in [3.63, 3.8) is 0 Å². The van der Waals surface area contributed by atoms with Crippen LogP contribution in [0.2, 0.25) is 0 Å². The Labute approximate surface area is 153 Å². The van der Waals surface area contributed by atoms with Crippen molar-refractivity contribution in [2.24, 2.45) is 11.3 Å². The molecular weight excluding hydrogens is 330 g/mol. The molecule has 0 saturated carbocycles. The first-order valence-electron chi connectivity index (χ1n) is 9.08. The lowest BCUT2D eigenvalue weighted by Gasteiger charge is -2.48. The molecule has 5 heteroatoms. The molecule has 0 bridgehead atoms. The van der Waals surface area contributed by atoms with Crippen molar-refractivity contribution in [2.75, 3.05) is 13.7 Å². The molecule has 1 aromatic carbocycles. The molecule has 0 fully saturated rings. The Kier molecular flexibility index (Phi) is 3.79. The Morgan fingerprint density at radius 1 is 1.23 bits per heavy atom. The first-order valence-corrected chi connectivity index (χ1v) is 9.08. The summed E-state index contributed by atoms with van der Waals surface area (Å²) >= 11 is 0. The van der Waals surface area contributed by atoms with Crippen LogP contribution in [-0.4, -0.2) is 36.1 Å². The van der Waals surface area contributed by atoms with Crippen LogP contribution in [0.5, 0.6) is 0 Å². The fraction of sp³-hybridized carbons (Fsp3) is 0.476. The molecule has 136 valence electrons. The Bertz CT molecular complexity index is 851. The van der Waals surface area contributed by atoms with Crippen molar-refractivity contribution < 1.29 is 19.1 Å². The highest BCUT2D eigenvalue weighted by Crippen LogP contribution is 2.49. The fourth-order valence-corrected chi connectivity index (χ4v) is 4.82. The van der Waals surface area contributed by atoms with Gasteiger partial charge in [-0.25, -0.2) is 0 Å². The fourth-order valence-electron chi connectivity index (χ4n) is 4.82. The van der Waals surface area contributed by atoms with Crippen molar-refractivity contribution in [2.45, 2.75) is 39.2 Å². The normalized spacial score (nSPS) is 26.8. The second-order valence-electron chi connectivity index (χ2n) is 8.09. The third-order valence-corrected chi connectivity index (χ3v) is 6.06. The third-order valence-electron chi connectivity index (χ3n) is 6.06. The molecule has 1 unspecified atom stereocenters. The van der Waals surface area contributed by atoms with Gasteiger partial charge in [-0.15, -0.1) is 0 Å². The van der Waals surface area contributed by atoms with Crippen LogP contribution in [0.15, 0.2) is 35.5 Å². The maximum atomic E-state index is 13.1.